The second-order valence-corrected chi connectivity index (χ2v) is 19.8. The van der Waals surface area contributed by atoms with E-state index >= 15 is 0 Å². The SMILES string of the molecule is CC(C)C[C@@H](CN1CCCC1)N(Cc1cccc(CN2O[C@@H](CO)[C@@H]([C@H](C)O)[C@H]2C(=O)N[C@H]2C[C@@H]3C[C@@H]([C@H]2C)C3(C)C)c1)C(c1ccccc1)C1CCCCC1. The number of amides is 1. The van der Waals surface area contributed by atoms with Crippen molar-refractivity contribution in [3.63, 3.8) is 0 Å². The minimum atomic E-state index is -0.813. The number of hydrogen-bond acceptors (Lipinski definition) is 7. The minimum Gasteiger partial charge on any atom is -0.394 e. The van der Waals surface area contributed by atoms with Gasteiger partial charge in [-0.05, 0) is 117 Å². The molecule has 0 radical (unpaired) electrons. The van der Waals surface area contributed by atoms with E-state index in [0.29, 0.717) is 53.6 Å². The maximum atomic E-state index is 14.4. The van der Waals surface area contributed by atoms with Gasteiger partial charge < -0.3 is 20.4 Å². The van der Waals surface area contributed by atoms with Gasteiger partial charge in [-0.15, -0.1) is 0 Å². The molecule has 4 saturated carbocycles. The number of carbonyl (C=O) groups is 1. The maximum absolute atomic E-state index is 14.4. The molecular weight excluding hydrogens is 697 g/mol. The van der Waals surface area contributed by atoms with E-state index in [4.69, 9.17) is 4.84 Å². The summed E-state index contributed by atoms with van der Waals surface area (Å²) in [7, 11) is 0. The van der Waals surface area contributed by atoms with Gasteiger partial charge >= 0.3 is 0 Å². The minimum absolute atomic E-state index is 0.0956. The molecule has 1 amide bonds. The Morgan fingerprint density at radius 3 is 2.32 bits per heavy atom. The summed E-state index contributed by atoms with van der Waals surface area (Å²) in [6.45, 7) is 18.1. The molecule has 2 aliphatic heterocycles. The summed E-state index contributed by atoms with van der Waals surface area (Å²) in [5.74, 6) is 2.21. The maximum Gasteiger partial charge on any atom is 0.240 e. The topological polar surface area (TPSA) is 88.5 Å². The fourth-order valence-corrected chi connectivity index (χ4v) is 12.1. The Labute approximate surface area is 338 Å². The number of benzene rings is 2. The highest BCUT2D eigenvalue weighted by atomic mass is 16.7. The van der Waals surface area contributed by atoms with E-state index in [2.05, 4.69) is 104 Å². The molecule has 1 unspecified atom stereocenters. The average Bonchev–Trinajstić information content (AvgIpc) is 3.83. The fourth-order valence-electron chi connectivity index (χ4n) is 12.1. The molecule has 10 atom stereocenters. The van der Waals surface area contributed by atoms with Crippen molar-refractivity contribution in [1.29, 1.82) is 0 Å². The molecule has 4 aliphatic carbocycles. The van der Waals surface area contributed by atoms with E-state index in [1.54, 1.807) is 12.0 Å². The number of carbonyl (C=O) groups excluding carboxylic acids is 1. The van der Waals surface area contributed by atoms with Crippen molar-refractivity contribution in [2.75, 3.05) is 26.2 Å². The molecule has 3 N–H and O–H groups in total. The summed E-state index contributed by atoms with van der Waals surface area (Å²) in [6.07, 6.45) is 11.0. The molecule has 2 heterocycles. The zero-order chi connectivity index (χ0) is 39.6. The van der Waals surface area contributed by atoms with Crippen LogP contribution in [0.25, 0.3) is 0 Å². The zero-order valence-electron chi connectivity index (χ0n) is 35.5. The molecule has 6 aliphatic rings. The van der Waals surface area contributed by atoms with Crippen LogP contribution in [0.2, 0.25) is 0 Å². The largest absolute Gasteiger partial charge is 0.394 e. The van der Waals surface area contributed by atoms with Crippen LogP contribution in [0.15, 0.2) is 54.6 Å². The van der Waals surface area contributed by atoms with E-state index in [1.165, 1.54) is 75.6 Å². The second kappa shape index (κ2) is 18.3. The van der Waals surface area contributed by atoms with Crippen LogP contribution in [0.4, 0.5) is 0 Å². The summed E-state index contributed by atoms with van der Waals surface area (Å²) in [5, 5.41) is 26.7. The van der Waals surface area contributed by atoms with Gasteiger partial charge in [0.05, 0.1) is 19.3 Å². The third kappa shape index (κ3) is 9.11. The van der Waals surface area contributed by atoms with E-state index in [0.717, 1.165) is 31.5 Å². The lowest BCUT2D eigenvalue weighted by atomic mass is 9.45. The highest BCUT2D eigenvalue weighted by molar-refractivity contribution is 5.82. The molecule has 2 bridgehead atoms. The van der Waals surface area contributed by atoms with Gasteiger partial charge in [-0.3, -0.25) is 14.5 Å². The van der Waals surface area contributed by atoms with Crippen molar-refractivity contribution in [2.24, 2.45) is 40.9 Å². The molecule has 0 spiro atoms. The standard InChI is InChI=1S/C48H74N4O4/c1-32(2)24-40(30-50-22-13-14-23-50)51(45(37-18-9-7-10-19-37)38-20-11-8-12-21-38)28-35-16-15-17-36(25-35)29-52-46(44(34(4)54)43(31-53)56-52)47(55)49-42-27-39-26-41(33(42)3)48(39,5)6/h7,9-10,15-19,25,32-34,38-46,53-54H,8,11-14,20-24,26-31H2,1-6H3,(H,49,55)/t33-,34+,39+,40+,41+,42+,43+,44-,45?,46+/m1/s1. The highest BCUT2D eigenvalue weighted by Crippen LogP contribution is 2.61. The number of hydroxylamine groups is 2. The molecule has 0 aromatic heterocycles. The molecule has 8 nitrogen and oxygen atoms in total. The van der Waals surface area contributed by atoms with Crippen LogP contribution in [0.1, 0.15) is 128 Å². The van der Waals surface area contributed by atoms with Crippen LogP contribution in [-0.2, 0) is 22.7 Å². The first-order valence-electron chi connectivity index (χ1n) is 22.6. The molecular formula is C48H74N4O4. The van der Waals surface area contributed by atoms with Crippen molar-refractivity contribution >= 4 is 5.91 Å². The molecule has 2 saturated heterocycles. The normalized spacial score (nSPS) is 31.4. The number of rotatable bonds is 16. The number of likely N-dealkylation sites (tertiary alicyclic amines) is 1. The van der Waals surface area contributed by atoms with Crippen molar-refractivity contribution in [3.8, 4) is 0 Å². The second-order valence-electron chi connectivity index (χ2n) is 19.8. The predicted octanol–water partition coefficient (Wildman–Crippen LogP) is 7.98. The number of fused-ring (bicyclic) bond motifs is 2. The molecule has 8 rings (SSSR count). The summed E-state index contributed by atoms with van der Waals surface area (Å²) >= 11 is 0. The van der Waals surface area contributed by atoms with Crippen molar-refractivity contribution in [2.45, 2.75) is 155 Å². The monoisotopic (exact) mass is 771 g/mol. The summed E-state index contributed by atoms with van der Waals surface area (Å²) in [4.78, 5) is 26.4. The Kier molecular flexibility index (Phi) is 13.7. The first-order valence-corrected chi connectivity index (χ1v) is 22.6. The summed E-state index contributed by atoms with van der Waals surface area (Å²) < 4.78 is 0. The molecule has 56 heavy (non-hydrogen) atoms. The lowest BCUT2D eigenvalue weighted by Crippen LogP contribution is -2.62. The summed E-state index contributed by atoms with van der Waals surface area (Å²) in [6, 6.07) is 20.4. The van der Waals surface area contributed by atoms with Crippen molar-refractivity contribution in [3.05, 3.63) is 71.3 Å². The third-order valence-electron chi connectivity index (χ3n) is 15.2. The van der Waals surface area contributed by atoms with Gasteiger partial charge in [-0.1, -0.05) is 108 Å². The van der Waals surface area contributed by atoms with Crippen LogP contribution in [0.3, 0.4) is 0 Å². The van der Waals surface area contributed by atoms with E-state index in [-0.39, 0.29) is 18.6 Å². The first kappa shape index (κ1) is 41.8. The number of aliphatic hydroxyl groups is 2. The number of aliphatic hydroxyl groups excluding tert-OH is 2. The Morgan fingerprint density at radius 2 is 1.68 bits per heavy atom. The molecule has 2 aromatic rings. The zero-order valence-corrected chi connectivity index (χ0v) is 35.5. The Morgan fingerprint density at radius 1 is 0.964 bits per heavy atom. The quantitative estimate of drug-likeness (QED) is 0.160. The third-order valence-corrected chi connectivity index (χ3v) is 15.2. The average molecular weight is 771 g/mol. The van der Waals surface area contributed by atoms with Crippen LogP contribution in [0.5, 0.6) is 0 Å². The van der Waals surface area contributed by atoms with Crippen LogP contribution in [0, 0.1) is 40.9 Å². The van der Waals surface area contributed by atoms with E-state index in [1.807, 2.05) is 0 Å². The van der Waals surface area contributed by atoms with Gasteiger partial charge in [0, 0.05) is 37.1 Å². The Hall–Kier alpha value is -2.33. The highest BCUT2D eigenvalue weighted by Gasteiger charge is 2.57. The lowest BCUT2D eigenvalue weighted by Gasteiger charge is -2.62. The van der Waals surface area contributed by atoms with Gasteiger partial charge in [0.1, 0.15) is 12.1 Å². The van der Waals surface area contributed by atoms with Gasteiger partial charge in [0.2, 0.25) is 5.91 Å². The molecule has 6 fully saturated rings. The summed E-state index contributed by atoms with van der Waals surface area (Å²) in [5.41, 5.74) is 4.12. The van der Waals surface area contributed by atoms with Crippen LogP contribution < -0.4 is 5.32 Å². The van der Waals surface area contributed by atoms with Crippen molar-refractivity contribution < 1.29 is 19.8 Å². The van der Waals surface area contributed by atoms with Crippen LogP contribution in [-0.4, -0.2) is 87.6 Å². The van der Waals surface area contributed by atoms with Gasteiger partial charge in [0.15, 0.2) is 0 Å². The van der Waals surface area contributed by atoms with Crippen molar-refractivity contribution in [1.82, 2.24) is 20.2 Å². The van der Waals surface area contributed by atoms with E-state index in [9.17, 15) is 15.0 Å². The van der Waals surface area contributed by atoms with Gasteiger partial charge in [-0.2, -0.15) is 5.06 Å². The number of hydrogen-bond donors (Lipinski definition) is 3. The fraction of sp³-hybridized carbons (Fsp3) is 0.729. The van der Waals surface area contributed by atoms with E-state index < -0.39 is 24.2 Å². The predicted molar refractivity (Wildman–Crippen MR) is 224 cm³/mol. The lowest BCUT2D eigenvalue weighted by molar-refractivity contribution is -0.183. The molecule has 2 aromatic carbocycles. The Bertz CT molecular complexity index is 1560. The first-order chi connectivity index (χ1) is 26.9. The van der Waals surface area contributed by atoms with Gasteiger partial charge in [-0.25, -0.2) is 0 Å². The Balaban J connectivity index is 1.16. The number of nitrogens with one attached hydrogen (secondary N) is 1. The molecule has 8 heteroatoms. The van der Waals surface area contributed by atoms with Gasteiger partial charge in [0.25, 0.3) is 0 Å². The van der Waals surface area contributed by atoms with Crippen LogP contribution >= 0.6 is 0 Å². The smallest absolute Gasteiger partial charge is 0.240 e. The number of nitrogens with zero attached hydrogens (tertiary/aromatic N) is 3. The molecule has 310 valence electrons.